The van der Waals surface area contributed by atoms with Gasteiger partial charge in [0.05, 0.1) is 23.9 Å². The summed E-state index contributed by atoms with van der Waals surface area (Å²) in [5.74, 6) is -1.34. The van der Waals surface area contributed by atoms with Crippen molar-refractivity contribution in [1.82, 2.24) is 9.78 Å². The lowest BCUT2D eigenvalue weighted by Gasteiger charge is -2.22. The maximum atomic E-state index is 14.0. The molecule has 138 valence electrons. The predicted octanol–water partition coefficient (Wildman–Crippen LogP) is 3.69. The van der Waals surface area contributed by atoms with Crippen LogP contribution in [0.25, 0.3) is 0 Å². The van der Waals surface area contributed by atoms with E-state index in [0.29, 0.717) is 5.92 Å². The van der Waals surface area contributed by atoms with Gasteiger partial charge in [0.2, 0.25) is 0 Å². The Morgan fingerprint density at radius 1 is 1.27 bits per heavy atom. The van der Waals surface area contributed by atoms with Crippen molar-refractivity contribution in [3.63, 3.8) is 0 Å². The Kier molecular flexibility index (Phi) is 4.56. The van der Waals surface area contributed by atoms with Crippen LogP contribution in [-0.2, 0) is 10.3 Å². The largest absolute Gasteiger partial charge is 0.465 e. The van der Waals surface area contributed by atoms with E-state index in [1.54, 1.807) is 6.07 Å². The molecule has 6 nitrogen and oxygen atoms in total. The highest BCUT2D eigenvalue weighted by atomic mass is 19.1. The van der Waals surface area contributed by atoms with Gasteiger partial charge >= 0.3 is 5.97 Å². The zero-order valence-electron chi connectivity index (χ0n) is 15.3. The van der Waals surface area contributed by atoms with Crippen LogP contribution in [0.1, 0.15) is 66.1 Å². The van der Waals surface area contributed by atoms with Crippen LogP contribution in [0.15, 0.2) is 24.3 Å². The molecule has 1 aromatic heterocycles. The summed E-state index contributed by atoms with van der Waals surface area (Å²) in [5, 5.41) is 6.93. The minimum Gasteiger partial charge on any atom is -0.465 e. The Hall–Kier alpha value is -2.70. The van der Waals surface area contributed by atoms with E-state index < -0.39 is 17.7 Å². The van der Waals surface area contributed by atoms with Crippen molar-refractivity contribution in [3.05, 3.63) is 47.0 Å². The molecule has 0 spiro atoms. The smallest absolute Gasteiger partial charge is 0.337 e. The quantitative estimate of drug-likeness (QED) is 0.845. The lowest BCUT2D eigenvalue weighted by molar-refractivity contribution is 0.0600. The fraction of sp³-hybridized carbons (Fsp3) is 0.421. The number of methoxy groups -OCH3 is 1. The van der Waals surface area contributed by atoms with Gasteiger partial charge in [-0.25, -0.2) is 9.18 Å². The van der Waals surface area contributed by atoms with Crippen LogP contribution in [0.4, 0.5) is 10.1 Å². The molecule has 0 saturated heterocycles. The third kappa shape index (κ3) is 3.61. The minimum absolute atomic E-state index is 0.0869. The number of esters is 1. The molecule has 0 radical (unpaired) electrons. The van der Waals surface area contributed by atoms with E-state index in [1.165, 1.54) is 19.2 Å². The molecule has 3 rings (SSSR count). The molecule has 2 aromatic rings. The molecule has 0 bridgehead atoms. The predicted molar refractivity (Wildman–Crippen MR) is 94.9 cm³/mol. The van der Waals surface area contributed by atoms with Crippen LogP contribution >= 0.6 is 0 Å². The maximum Gasteiger partial charge on any atom is 0.337 e. The molecule has 0 aliphatic heterocycles. The molecular formula is C19H22FN3O3. The Bertz CT molecular complexity index is 863. The van der Waals surface area contributed by atoms with Crippen molar-refractivity contribution in [1.29, 1.82) is 0 Å². The van der Waals surface area contributed by atoms with Crippen LogP contribution in [0.2, 0.25) is 0 Å². The minimum atomic E-state index is -0.635. The van der Waals surface area contributed by atoms with Gasteiger partial charge in [0, 0.05) is 11.6 Å². The van der Waals surface area contributed by atoms with Crippen LogP contribution in [0, 0.1) is 5.82 Å². The van der Waals surface area contributed by atoms with E-state index in [4.69, 9.17) is 0 Å². The molecule has 1 aliphatic rings. The molecule has 1 amide bonds. The van der Waals surface area contributed by atoms with Crippen LogP contribution in [0.5, 0.6) is 0 Å². The summed E-state index contributed by atoms with van der Waals surface area (Å²) in [7, 11) is 1.24. The van der Waals surface area contributed by atoms with Crippen LogP contribution in [0.3, 0.4) is 0 Å². The average Bonchev–Trinajstić information content (AvgIpc) is 3.32. The topological polar surface area (TPSA) is 73.2 Å². The monoisotopic (exact) mass is 359 g/mol. The molecule has 0 atom stereocenters. The summed E-state index contributed by atoms with van der Waals surface area (Å²) in [6, 6.07) is 5.43. The number of amides is 1. The van der Waals surface area contributed by atoms with Gasteiger partial charge in [-0.1, -0.05) is 0 Å². The Morgan fingerprint density at radius 3 is 2.54 bits per heavy atom. The van der Waals surface area contributed by atoms with E-state index >= 15 is 0 Å². The molecule has 1 saturated carbocycles. The van der Waals surface area contributed by atoms with Crippen molar-refractivity contribution in [2.75, 3.05) is 12.4 Å². The molecule has 1 aromatic carbocycles. The Balaban J connectivity index is 1.88. The zero-order chi connectivity index (χ0) is 19.1. The molecular weight excluding hydrogens is 337 g/mol. The highest BCUT2D eigenvalue weighted by molar-refractivity contribution is 6.03. The number of aromatic nitrogens is 2. The summed E-state index contributed by atoms with van der Waals surface area (Å²) in [6.45, 7) is 6.06. The van der Waals surface area contributed by atoms with Gasteiger partial charge in [-0.15, -0.1) is 0 Å². The molecule has 26 heavy (non-hydrogen) atoms. The lowest BCUT2D eigenvalue weighted by Crippen LogP contribution is -2.26. The Morgan fingerprint density at radius 2 is 1.96 bits per heavy atom. The summed E-state index contributed by atoms with van der Waals surface area (Å²) < 4.78 is 20.5. The molecule has 1 fully saturated rings. The van der Waals surface area contributed by atoms with Crippen LogP contribution < -0.4 is 5.32 Å². The van der Waals surface area contributed by atoms with Crippen molar-refractivity contribution in [2.45, 2.75) is 45.1 Å². The van der Waals surface area contributed by atoms with E-state index in [0.717, 1.165) is 24.6 Å². The molecule has 1 aliphatic carbocycles. The van der Waals surface area contributed by atoms with Gasteiger partial charge in [-0.05, 0) is 57.9 Å². The lowest BCUT2D eigenvalue weighted by atomic mass is 10.1. The summed E-state index contributed by atoms with van der Waals surface area (Å²) >= 11 is 0. The number of carbonyl (C=O) groups is 2. The van der Waals surface area contributed by atoms with E-state index in [1.807, 2.05) is 25.5 Å². The number of ether oxygens (including phenoxy) is 1. The highest BCUT2D eigenvalue weighted by Crippen LogP contribution is 2.41. The number of rotatable bonds is 4. The standard InChI is InChI=1S/C19H22FN3O3/c1-19(2,3)23-16(11-5-6-11)10-15(22-23)17(24)21-14-9-12(18(25)26-4)7-8-13(14)20/h7-11H,5-6H2,1-4H3,(H,21,24). The Labute approximate surface area is 151 Å². The van der Waals surface area contributed by atoms with E-state index in [9.17, 15) is 14.0 Å². The molecule has 7 heteroatoms. The summed E-state index contributed by atoms with van der Waals surface area (Å²) in [4.78, 5) is 24.2. The fourth-order valence-corrected chi connectivity index (χ4v) is 2.77. The number of halogens is 1. The van der Waals surface area contributed by atoms with Gasteiger partial charge in [-0.2, -0.15) is 5.10 Å². The first-order chi connectivity index (χ1) is 12.2. The third-order valence-corrected chi connectivity index (χ3v) is 4.24. The first-order valence-electron chi connectivity index (χ1n) is 8.50. The number of carbonyl (C=O) groups excluding carboxylic acids is 2. The van der Waals surface area contributed by atoms with Gasteiger partial charge in [-0.3, -0.25) is 9.48 Å². The summed E-state index contributed by atoms with van der Waals surface area (Å²) in [6.07, 6.45) is 2.16. The molecule has 0 unspecified atom stereocenters. The van der Waals surface area contributed by atoms with Gasteiger partial charge < -0.3 is 10.1 Å². The van der Waals surface area contributed by atoms with Gasteiger partial charge in [0.1, 0.15) is 5.82 Å². The normalized spacial score (nSPS) is 14.2. The average molecular weight is 359 g/mol. The van der Waals surface area contributed by atoms with E-state index in [-0.39, 0.29) is 22.5 Å². The van der Waals surface area contributed by atoms with E-state index in [2.05, 4.69) is 15.2 Å². The zero-order valence-corrected chi connectivity index (χ0v) is 15.3. The third-order valence-electron chi connectivity index (χ3n) is 4.24. The molecule has 1 N–H and O–H groups in total. The van der Waals surface area contributed by atoms with Gasteiger partial charge in [0.25, 0.3) is 5.91 Å². The first-order valence-corrected chi connectivity index (χ1v) is 8.50. The maximum absolute atomic E-state index is 14.0. The van der Waals surface area contributed by atoms with Crippen molar-refractivity contribution in [2.24, 2.45) is 0 Å². The SMILES string of the molecule is COC(=O)c1ccc(F)c(NC(=O)c2cc(C3CC3)n(C(C)(C)C)n2)c1. The number of hydrogen-bond donors (Lipinski definition) is 1. The summed E-state index contributed by atoms with van der Waals surface area (Å²) in [5.41, 5.74) is 1.06. The van der Waals surface area contributed by atoms with Gasteiger partial charge in [0.15, 0.2) is 5.69 Å². The molecule has 1 heterocycles. The number of hydrogen-bond acceptors (Lipinski definition) is 4. The number of anilines is 1. The van der Waals surface area contributed by atoms with Crippen molar-refractivity contribution in [3.8, 4) is 0 Å². The second kappa shape index (κ2) is 6.55. The second-order valence-electron chi connectivity index (χ2n) is 7.45. The fourth-order valence-electron chi connectivity index (χ4n) is 2.77. The van der Waals surface area contributed by atoms with Crippen molar-refractivity contribution < 1.29 is 18.7 Å². The van der Waals surface area contributed by atoms with Crippen LogP contribution in [-0.4, -0.2) is 28.8 Å². The number of benzene rings is 1. The first kappa shape index (κ1) is 18.1. The second-order valence-corrected chi connectivity index (χ2v) is 7.45. The number of nitrogens with one attached hydrogen (secondary N) is 1. The highest BCUT2D eigenvalue weighted by Gasteiger charge is 2.32. The van der Waals surface area contributed by atoms with Crippen molar-refractivity contribution >= 4 is 17.6 Å². The number of nitrogens with zero attached hydrogens (tertiary/aromatic N) is 2.